The van der Waals surface area contributed by atoms with Gasteiger partial charge in [0.05, 0.1) is 0 Å². The fourth-order valence-corrected chi connectivity index (χ4v) is 4.75. The number of rotatable bonds is 4. The van der Waals surface area contributed by atoms with E-state index in [0.717, 1.165) is 56.1 Å². The highest BCUT2D eigenvalue weighted by Gasteiger charge is 2.23. The Morgan fingerprint density at radius 2 is 1.76 bits per heavy atom. The summed E-state index contributed by atoms with van der Waals surface area (Å²) < 4.78 is 6.15. The molecule has 2 aromatic heterocycles. The first-order valence-electron chi connectivity index (χ1n) is 10.7. The minimum atomic E-state index is 0. The van der Waals surface area contributed by atoms with Crippen LogP contribution in [0.15, 0.2) is 22.7 Å². The Morgan fingerprint density at radius 1 is 1.03 bits per heavy atom. The molecule has 0 unspecified atom stereocenters. The summed E-state index contributed by atoms with van der Waals surface area (Å²) >= 11 is 0. The van der Waals surface area contributed by atoms with E-state index in [0.29, 0.717) is 5.92 Å². The zero-order valence-corrected chi connectivity index (χ0v) is 18.3. The Kier molecular flexibility index (Phi) is 6.16. The lowest BCUT2D eigenvalue weighted by atomic mass is 9.89. The largest absolute Gasteiger partial charge is 0.441 e. The third kappa shape index (κ3) is 4.17. The topological polar surface area (TPSA) is 51.5 Å². The van der Waals surface area contributed by atoms with Crippen LogP contribution in [0.4, 0.5) is 0 Å². The van der Waals surface area contributed by atoms with Gasteiger partial charge in [-0.2, -0.15) is 0 Å². The maximum Gasteiger partial charge on any atom is 0.196 e. The molecular formula is C22H32ClN5O. The average Bonchev–Trinajstić information content (AvgIpc) is 3.31. The number of likely N-dealkylation sites (tertiary alicyclic amines) is 1. The molecule has 0 bridgehead atoms. The van der Waals surface area contributed by atoms with Crippen molar-refractivity contribution in [1.29, 1.82) is 0 Å². The monoisotopic (exact) mass is 417 g/mol. The highest BCUT2D eigenvalue weighted by Crippen LogP contribution is 2.36. The first kappa shape index (κ1) is 20.7. The van der Waals surface area contributed by atoms with Crippen molar-refractivity contribution in [2.45, 2.75) is 25.2 Å². The van der Waals surface area contributed by atoms with E-state index in [9.17, 15) is 0 Å². The van der Waals surface area contributed by atoms with Crippen LogP contribution in [0.1, 0.15) is 30.2 Å². The van der Waals surface area contributed by atoms with Crippen LogP contribution in [0.25, 0.3) is 22.0 Å². The lowest BCUT2D eigenvalue weighted by Gasteiger charge is -2.31. The van der Waals surface area contributed by atoms with Crippen LogP contribution in [-0.4, -0.2) is 84.6 Å². The van der Waals surface area contributed by atoms with Crippen molar-refractivity contribution in [1.82, 2.24) is 24.7 Å². The molecule has 0 atom stereocenters. The molecule has 7 heteroatoms. The molecule has 5 rings (SSSR count). The molecule has 2 aliphatic rings. The molecule has 2 fully saturated rings. The summed E-state index contributed by atoms with van der Waals surface area (Å²) in [6, 6.07) is 4.21. The highest BCUT2D eigenvalue weighted by atomic mass is 35.5. The standard InChI is InChI=1S/C22H31N5O.ClH/c1-25-8-5-16(6-9-25)17-15-23-18-3-4-19-22(21(17)18)24-20(28-19)7-10-27-13-11-26(2)12-14-27;/h3-4,15-16,23H,5-14H2,1-2H3;1H. The van der Waals surface area contributed by atoms with Crippen molar-refractivity contribution in [2.75, 3.05) is 59.9 Å². The van der Waals surface area contributed by atoms with E-state index >= 15 is 0 Å². The third-order valence-electron chi connectivity index (χ3n) is 6.67. The minimum absolute atomic E-state index is 0. The van der Waals surface area contributed by atoms with E-state index in [1.807, 2.05) is 0 Å². The Bertz CT molecular complexity index is 951. The van der Waals surface area contributed by atoms with Gasteiger partial charge >= 0.3 is 0 Å². The van der Waals surface area contributed by atoms with E-state index in [1.54, 1.807) is 0 Å². The predicted molar refractivity (Wildman–Crippen MR) is 120 cm³/mol. The fraction of sp³-hybridized carbons (Fsp3) is 0.591. The smallest absolute Gasteiger partial charge is 0.196 e. The lowest BCUT2D eigenvalue weighted by molar-refractivity contribution is 0.153. The fourth-order valence-electron chi connectivity index (χ4n) is 4.75. The highest BCUT2D eigenvalue weighted by molar-refractivity contribution is 6.04. The van der Waals surface area contributed by atoms with Gasteiger partial charge in [-0.15, -0.1) is 12.4 Å². The number of hydrogen-bond donors (Lipinski definition) is 1. The molecule has 0 saturated carbocycles. The van der Waals surface area contributed by atoms with Crippen molar-refractivity contribution in [3.63, 3.8) is 0 Å². The van der Waals surface area contributed by atoms with E-state index in [2.05, 4.69) is 52.1 Å². The summed E-state index contributed by atoms with van der Waals surface area (Å²) in [6.07, 6.45) is 5.52. The predicted octanol–water partition coefficient (Wildman–Crippen LogP) is 3.33. The molecule has 0 aliphatic carbocycles. The lowest BCUT2D eigenvalue weighted by Crippen LogP contribution is -2.45. The number of H-pyrrole nitrogens is 1. The molecule has 4 heterocycles. The normalized spacial score (nSPS) is 20.5. The van der Waals surface area contributed by atoms with Gasteiger partial charge in [0.2, 0.25) is 0 Å². The van der Waals surface area contributed by atoms with Crippen LogP contribution in [0.5, 0.6) is 0 Å². The number of fused-ring (bicyclic) bond motifs is 3. The number of nitrogens with one attached hydrogen (secondary N) is 1. The molecule has 1 N–H and O–H groups in total. The van der Waals surface area contributed by atoms with Crippen LogP contribution in [0.2, 0.25) is 0 Å². The van der Waals surface area contributed by atoms with Gasteiger partial charge in [-0.1, -0.05) is 0 Å². The SMILES string of the molecule is CN1CCC(c2c[nH]c3ccc4oc(CCN5CCN(C)CC5)nc4c23)CC1.Cl. The van der Waals surface area contributed by atoms with Gasteiger partial charge in [-0.05, 0) is 63.6 Å². The van der Waals surface area contributed by atoms with Crippen LogP contribution >= 0.6 is 12.4 Å². The minimum Gasteiger partial charge on any atom is -0.441 e. The Hall–Kier alpha value is -1.60. The van der Waals surface area contributed by atoms with Crippen LogP contribution < -0.4 is 0 Å². The molecule has 29 heavy (non-hydrogen) atoms. The van der Waals surface area contributed by atoms with E-state index in [1.165, 1.54) is 42.4 Å². The van der Waals surface area contributed by atoms with Crippen LogP contribution in [0, 0.1) is 0 Å². The van der Waals surface area contributed by atoms with Crippen LogP contribution in [-0.2, 0) is 6.42 Å². The summed E-state index contributed by atoms with van der Waals surface area (Å²) in [7, 11) is 4.41. The molecule has 6 nitrogen and oxygen atoms in total. The number of hydrogen-bond acceptors (Lipinski definition) is 5. The number of aromatic amines is 1. The number of likely N-dealkylation sites (N-methyl/N-ethyl adjacent to an activating group) is 1. The van der Waals surface area contributed by atoms with Crippen molar-refractivity contribution in [3.8, 4) is 0 Å². The van der Waals surface area contributed by atoms with Gasteiger partial charge in [0, 0.05) is 56.2 Å². The zero-order chi connectivity index (χ0) is 19.1. The maximum atomic E-state index is 6.15. The van der Waals surface area contributed by atoms with Gasteiger partial charge in [-0.25, -0.2) is 4.98 Å². The second-order valence-corrected chi connectivity index (χ2v) is 8.66. The zero-order valence-electron chi connectivity index (χ0n) is 17.5. The number of nitrogens with zero attached hydrogens (tertiary/aromatic N) is 4. The molecule has 0 spiro atoms. The summed E-state index contributed by atoms with van der Waals surface area (Å²) in [5.74, 6) is 1.48. The second kappa shape index (κ2) is 8.64. The third-order valence-corrected chi connectivity index (χ3v) is 6.67. The van der Waals surface area contributed by atoms with E-state index < -0.39 is 0 Å². The number of piperazine rings is 1. The number of oxazole rings is 1. The Labute approximate surface area is 178 Å². The molecular weight excluding hydrogens is 386 g/mol. The van der Waals surface area contributed by atoms with Gasteiger partial charge in [0.15, 0.2) is 11.5 Å². The Morgan fingerprint density at radius 3 is 2.52 bits per heavy atom. The molecule has 1 aromatic carbocycles. The number of halogens is 1. The van der Waals surface area contributed by atoms with E-state index in [-0.39, 0.29) is 12.4 Å². The van der Waals surface area contributed by atoms with Crippen LogP contribution in [0.3, 0.4) is 0 Å². The molecule has 2 aliphatic heterocycles. The van der Waals surface area contributed by atoms with Crippen molar-refractivity contribution in [2.24, 2.45) is 0 Å². The quantitative estimate of drug-likeness (QED) is 0.705. The number of aromatic nitrogens is 2. The molecule has 3 aromatic rings. The summed E-state index contributed by atoms with van der Waals surface area (Å²) in [5.41, 5.74) is 4.57. The maximum absolute atomic E-state index is 6.15. The summed E-state index contributed by atoms with van der Waals surface area (Å²) in [5, 5.41) is 1.28. The van der Waals surface area contributed by atoms with Gasteiger partial charge in [0.1, 0.15) is 5.52 Å². The molecule has 2 saturated heterocycles. The molecule has 158 valence electrons. The summed E-state index contributed by atoms with van der Waals surface area (Å²) in [4.78, 5) is 15.8. The summed E-state index contributed by atoms with van der Waals surface area (Å²) in [6.45, 7) is 7.94. The van der Waals surface area contributed by atoms with Gasteiger partial charge < -0.3 is 24.1 Å². The van der Waals surface area contributed by atoms with E-state index in [4.69, 9.17) is 9.40 Å². The van der Waals surface area contributed by atoms with Crippen molar-refractivity contribution in [3.05, 3.63) is 29.8 Å². The van der Waals surface area contributed by atoms with Crippen molar-refractivity contribution < 1.29 is 4.42 Å². The molecule has 0 amide bonds. The number of benzene rings is 1. The van der Waals surface area contributed by atoms with Gasteiger partial charge in [-0.3, -0.25) is 0 Å². The Balaban J connectivity index is 0.00000205. The first-order chi connectivity index (χ1) is 13.7. The van der Waals surface area contributed by atoms with Crippen molar-refractivity contribution >= 4 is 34.4 Å². The second-order valence-electron chi connectivity index (χ2n) is 8.66. The molecule has 0 radical (unpaired) electrons. The van der Waals surface area contributed by atoms with Gasteiger partial charge in [0.25, 0.3) is 0 Å². The number of piperidine rings is 1. The first-order valence-corrected chi connectivity index (χ1v) is 10.7. The average molecular weight is 418 g/mol.